The molecule has 0 aliphatic heterocycles. The van der Waals surface area contributed by atoms with Crippen molar-refractivity contribution in [2.45, 2.75) is 20.0 Å². The summed E-state index contributed by atoms with van der Waals surface area (Å²) in [6.07, 6.45) is -0.0639. The lowest BCUT2D eigenvalue weighted by Gasteiger charge is -2.15. The van der Waals surface area contributed by atoms with Crippen LogP contribution in [0.15, 0.2) is 57.2 Å². The minimum atomic E-state index is -1.14. The SMILES string of the molecule is CCOC(=O)C(C)Oc1c(C=Nn2c(=O)[nH]c3ccccc3c2=O)cccc1[N+](=O)[O-]. The summed E-state index contributed by atoms with van der Waals surface area (Å²) in [5.74, 6) is -0.951. The van der Waals surface area contributed by atoms with E-state index >= 15 is 0 Å². The van der Waals surface area contributed by atoms with Gasteiger partial charge in [0.2, 0.25) is 5.75 Å². The molecular weight excluding hydrogens is 408 g/mol. The number of esters is 1. The highest BCUT2D eigenvalue weighted by Gasteiger charge is 2.24. The zero-order chi connectivity index (χ0) is 22.5. The van der Waals surface area contributed by atoms with Crippen LogP contribution in [0.25, 0.3) is 10.9 Å². The Balaban J connectivity index is 2.07. The molecule has 0 amide bonds. The van der Waals surface area contributed by atoms with Gasteiger partial charge in [0.15, 0.2) is 6.10 Å². The van der Waals surface area contributed by atoms with Crippen molar-refractivity contribution < 1.29 is 19.2 Å². The molecule has 0 radical (unpaired) electrons. The van der Waals surface area contributed by atoms with Crippen LogP contribution in [0, 0.1) is 10.1 Å². The molecule has 3 aromatic rings. The van der Waals surface area contributed by atoms with Crippen LogP contribution in [0.4, 0.5) is 5.69 Å². The Morgan fingerprint density at radius 1 is 1.26 bits per heavy atom. The van der Waals surface area contributed by atoms with Crippen molar-refractivity contribution >= 4 is 28.8 Å². The first-order valence-corrected chi connectivity index (χ1v) is 9.22. The Labute approximate surface area is 174 Å². The molecule has 3 rings (SSSR count). The monoisotopic (exact) mass is 426 g/mol. The maximum Gasteiger partial charge on any atom is 0.349 e. The molecule has 0 bridgehead atoms. The van der Waals surface area contributed by atoms with Gasteiger partial charge in [-0.3, -0.25) is 14.9 Å². The first-order chi connectivity index (χ1) is 14.8. The standard InChI is InChI=1S/C20H18N4O7/c1-3-30-19(26)12(2)31-17-13(7-6-10-16(17)24(28)29)11-21-23-18(25)14-8-4-5-9-15(14)22-20(23)27/h4-12H,3H2,1-2H3,(H,22,27). The number of hydrogen-bond acceptors (Lipinski definition) is 8. The van der Waals surface area contributed by atoms with Gasteiger partial charge in [-0.25, -0.2) is 9.59 Å². The number of hydrogen-bond donors (Lipinski definition) is 1. The number of fused-ring (bicyclic) bond motifs is 1. The topological polar surface area (TPSA) is 146 Å². The largest absolute Gasteiger partial charge is 0.471 e. The van der Waals surface area contributed by atoms with E-state index in [-0.39, 0.29) is 23.3 Å². The van der Waals surface area contributed by atoms with Crippen molar-refractivity contribution in [2.75, 3.05) is 6.61 Å². The molecular formula is C20H18N4O7. The minimum Gasteiger partial charge on any atom is -0.471 e. The van der Waals surface area contributed by atoms with E-state index in [0.717, 1.165) is 6.21 Å². The van der Waals surface area contributed by atoms with Crippen LogP contribution in [0.3, 0.4) is 0 Å². The van der Waals surface area contributed by atoms with Gasteiger partial charge in [-0.1, -0.05) is 18.2 Å². The second-order valence-electron chi connectivity index (χ2n) is 6.30. The molecule has 0 aliphatic carbocycles. The first kappa shape index (κ1) is 21.4. The highest BCUT2D eigenvalue weighted by atomic mass is 16.6. The first-order valence-electron chi connectivity index (χ1n) is 9.22. The van der Waals surface area contributed by atoms with E-state index in [1.54, 1.807) is 25.1 Å². The summed E-state index contributed by atoms with van der Waals surface area (Å²) in [7, 11) is 0. The lowest BCUT2D eigenvalue weighted by molar-refractivity contribution is -0.386. The molecule has 0 spiro atoms. The number of H-pyrrole nitrogens is 1. The zero-order valence-electron chi connectivity index (χ0n) is 16.6. The van der Waals surface area contributed by atoms with E-state index in [2.05, 4.69) is 10.1 Å². The predicted octanol–water partition coefficient (Wildman–Crippen LogP) is 1.81. The average Bonchev–Trinajstić information content (AvgIpc) is 2.74. The smallest absolute Gasteiger partial charge is 0.349 e. The second-order valence-corrected chi connectivity index (χ2v) is 6.30. The number of aromatic nitrogens is 2. The van der Waals surface area contributed by atoms with Crippen molar-refractivity contribution in [3.05, 3.63) is 79.0 Å². The van der Waals surface area contributed by atoms with Crippen molar-refractivity contribution in [3.63, 3.8) is 0 Å². The van der Waals surface area contributed by atoms with Crippen LogP contribution in [0.5, 0.6) is 5.75 Å². The van der Waals surface area contributed by atoms with Gasteiger partial charge in [-0.05, 0) is 32.0 Å². The quantitative estimate of drug-likeness (QED) is 0.262. The van der Waals surface area contributed by atoms with Crippen LogP contribution in [0.1, 0.15) is 19.4 Å². The summed E-state index contributed by atoms with van der Waals surface area (Å²) in [6, 6.07) is 10.4. The van der Waals surface area contributed by atoms with Crippen LogP contribution < -0.4 is 16.0 Å². The number of nitro groups is 1. The number of nitrogens with zero attached hydrogens (tertiary/aromatic N) is 3. The number of benzene rings is 2. The normalized spacial score (nSPS) is 12.1. The highest BCUT2D eigenvalue weighted by Crippen LogP contribution is 2.31. The summed E-state index contributed by atoms with van der Waals surface area (Å²) < 4.78 is 10.9. The maximum absolute atomic E-state index is 12.6. The number of nitro benzene ring substituents is 1. The molecule has 0 aliphatic rings. The van der Waals surface area contributed by atoms with Crippen LogP contribution in [0.2, 0.25) is 0 Å². The predicted molar refractivity (Wildman–Crippen MR) is 112 cm³/mol. The van der Waals surface area contributed by atoms with E-state index in [1.807, 2.05) is 0 Å². The molecule has 160 valence electrons. The Bertz CT molecular complexity index is 1290. The molecule has 1 aromatic heterocycles. The molecule has 0 fully saturated rings. The molecule has 0 saturated heterocycles. The molecule has 1 heterocycles. The van der Waals surface area contributed by atoms with E-state index in [0.29, 0.717) is 10.2 Å². The summed E-state index contributed by atoms with van der Waals surface area (Å²) in [6.45, 7) is 3.12. The molecule has 0 saturated carbocycles. The number of carbonyl (C=O) groups excluding carboxylic acids is 1. The van der Waals surface area contributed by atoms with E-state index in [1.165, 1.54) is 31.2 Å². The van der Waals surface area contributed by atoms with E-state index in [4.69, 9.17) is 9.47 Å². The summed E-state index contributed by atoms with van der Waals surface area (Å²) in [4.78, 5) is 50.0. The molecule has 11 nitrogen and oxygen atoms in total. The fourth-order valence-corrected chi connectivity index (χ4v) is 2.78. The lowest BCUT2D eigenvalue weighted by atomic mass is 10.2. The number of para-hydroxylation sites is 2. The van der Waals surface area contributed by atoms with Crippen molar-refractivity contribution in [2.24, 2.45) is 5.10 Å². The van der Waals surface area contributed by atoms with Crippen LogP contribution >= 0.6 is 0 Å². The van der Waals surface area contributed by atoms with Crippen molar-refractivity contribution in [1.82, 2.24) is 9.66 Å². The molecule has 31 heavy (non-hydrogen) atoms. The van der Waals surface area contributed by atoms with Crippen molar-refractivity contribution in [3.8, 4) is 5.75 Å². The average molecular weight is 426 g/mol. The molecule has 1 unspecified atom stereocenters. The van der Waals surface area contributed by atoms with E-state index in [9.17, 15) is 24.5 Å². The fraction of sp³-hybridized carbons (Fsp3) is 0.200. The Morgan fingerprint density at radius 3 is 2.71 bits per heavy atom. The molecule has 2 aromatic carbocycles. The Morgan fingerprint density at radius 2 is 2.00 bits per heavy atom. The molecule has 1 N–H and O–H groups in total. The summed E-state index contributed by atoms with van der Waals surface area (Å²) >= 11 is 0. The Kier molecular flexibility index (Phi) is 6.24. The Hall–Kier alpha value is -4.28. The fourth-order valence-electron chi connectivity index (χ4n) is 2.78. The van der Waals surface area contributed by atoms with Gasteiger partial charge >= 0.3 is 17.3 Å². The maximum atomic E-state index is 12.6. The zero-order valence-corrected chi connectivity index (χ0v) is 16.6. The van der Waals surface area contributed by atoms with Gasteiger partial charge in [0, 0.05) is 11.6 Å². The number of nitrogens with one attached hydrogen (secondary N) is 1. The van der Waals surface area contributed by atoms with Gasteiger partial charge in [0.25, 0.3) is 5.56 Å². The third-order valence-electron chi connectivity index (χ3n) is 4.23. The molecule has 1 atom stereocenters. The van der Waals surface area contributed by atoms with Gasteiger partial charge in [-0.15, -0.1) is 4.68 Å². The number of carbonyl (C=O) groups is 1. The lowest BCUT2D eigenvalue weighted by Crippen LogP contribution is -2.32. The van der Waals surface area contributed by atoms with Crippen LogP contribution in [-0.4, -0.2) is 39.5 Å². The number of rotatable bonds is 7. The van der Waals surface area contributed by atoms with E-state index < -0.39 is 33.9 Å². The van der Waals surface area contributed by atoms with Crippen molar-refractivity contribution in [1.29, 1.82) is 0 Å². The third kappa shape index (κ3) is 4.50. The van der Waals surface area contributed by atoms with Crippen LogP contribution in [-0.2, 0) is 9.53 Å². The minimum absolute atomic E-state index is 0.0878. The van der Waals surface area contributed by atoms with Gasteiger partial charge in [-0.2, -0.15) is 5.10 Å². The second kappa shape index (κ2) is 9.03. The number of ether oxygens (including phenoxy) is 2. The van der Waals surface area contributed by atoms with Gasteiger partial charge < -0.3 is 14.5 Å². The molecule has 11 heteroatoms. The summed E-state index contributed by atoms with van der Waals surface area (Å²) in [5, 5.41) is 15.6. The highest BCUT2D eigenvalue weighted by molar-refractivity contribution is 5.86. The van der Waals surface area contributed by atoms with Gasteiger partial charge in [0.1, 0.15) is 0 Å². The number of aromatic amines is 1. The third-order valence-corrected chi connectivity index (χ3v) is 4.23. The summed E-state index contributed by atoms with van der Waals surface area (Å²) in [5.41, 5.74) is -1.42. The van der Waals surface area contributed by atoms with Gasteiger partial charge in [0.05, 0.1) is 28.6 Å².